The highest BCUT2D eigenvalue weighted by atomic mass is 15.3. The second-order valence-electron chi connectivity index (χ2n) is 6.39. The van der Waals surface area contributed by atoms with Crippen LogP contribution in [-0.4, -0.2) is 36.6 Å². The largest absolute Gasteiger partial charge is 0.315 e. The average molecular weight is 196 g/mol. The molecule has 2 rings (SSSR count). The maximum absolute atomic E-state index is 3.47. The van der Waals surface area contributed by atoms with Crippen LogP contribution in [0.15, 0.2) is 0 Å². The zero-order chi connectivity index (χ0) is 10.4. The number of likely N-dealkylation sites (tertiary alicyclic amines) is 1. The summed E-state index contributed by atoms with van der Waals surface area (Å²) in [4.78, 5) is 2.67. The number of hydrogen-bond acceptors (Lipinski definition) is 2. The maximum atomic E-state index is 3.47. The van der Waals surface area contributed by atoms with Crippen LogP contribution >= 0.6 is 0 Å². The van der Waals surface area contributed by atoms with Crippen LogP contribution in [0.1, 0.15) is 34.1 Å². The second kappa shape index (κ2) is 3.21. The number of hydrogen-bond donors (Lipinski definition) is 1. The summed E-state index contributed by atoms with van der Waals surface area (Å²) in [7, 11) is 0. The first-order valence-corrected chi connectivity index (χ1v) is 5.88. The minimum absolute atomic E-state index is 0.460. The molecule has 1 N–H and O–H groups in total. The highest BCUT2D eigenvalue weighted by molar-refractivity contribution is 5.01. The van der Waals surface area contributed by atoms with Crippen molar-refractivity contribution in [3.63, 3.8) is 0 Å². The standard InChI is InChI=1S/C12H24N2/c1-11(2,3)10-7-14(8-10)12(4)5-6-13-9-12/h10,13H,5-9H2,1-4H3. The van der Waals surface area contributed by atoms with E-state index in [-0.39, 0.29) is 0 Å². The van der Waals surface area contributed by atoms with Crippen molar-refractivity contribution in [3.05, 3.63) is 0 Å². The van der Waals surface area contributed by atoms with Crippen molar-refractivity contribution < 1.29 is 0 Å². The Morgan fingerprint density at radius 3 is 2.36 bits per heavy atom. The smallest absolute Gasteiger partial charge is 0.0318 e. The molecule has 0 aromatic heterocycles. The molecule has 14 heavy (non-hydrogen) atoms. The quantitative estimate of drug-likeness (QED) is 0.687. The van der Waals surface area contributed by atoms with Gasteiger partial charge in [-0.3, -0.25) is 4.90 Å². The Hall–Kier alpha value is -0.0800. The lowest BCUT2D eigenvalue weighted by Crippen LogP contribution is -2.62. The third-order valence-corrected chi connectivity index (χ3v) is 4.22. The van der Waals surface area contributed by atoms with Gasteiger partial charge in [-0.1, -0.05) is 20.8 Å². The van der Waals surface area contributed by atoms with Gasteiger partial charge in [-0.2, -0.15) is 0 Å². The predicted octanol–water partition coefficient (Wildman–Crippen LogP) is 1.72. The SMILES string of the molecule is CC(C)(C)C1CN(C2(C)CCNC2)C1. The van der Waals surface area contributed by atoms with E-state index in [1.165, 1.54) is 32.6 Å². The fourth-order valence-electron chi connectivity index (χ4n) is 2.54. The summed E-state index contributed by atoms with van der Waals surface area (Å²) in [5, 5.41) is 3.47. The minimum Gasteiger partial charge on any atom is -0.315 e. The third kappa shape index (κ3) is 1.70. The molecule has 0 bridgehead atoms. The Kier molecular flexibility index (Phi) is 2.39. The molecule has 2 aliphatic heterocycles. The fraction of sp³-hybridized carbons (Fsp3) is 1.00. The zero-order valence-corrected chi connectivity index (χ0v) is 10.1. The summed E-state index contributed by atoms with van der Waals surface area (Å²) < 4.78 is 0. The van der Waals surface area contributed by atoms with Gasteiger partial charge in [0, 0.05) is 25.2 Å². The van der Waals surface area contributed by atoms with Crippen molar-refractivity contribution >= 4 is 0 Å². The number of rotatable bonds is 1. The van der Waals surface area contributed by atoms with Gasteiger partial charge < -0.3 is 5.32 Å². The van der Waals surface area contributed by atoms with Crippen LogP contribution in [0.2, 0.25) is 0 Å². The Labute approximate surface area is 88.1 Å². The normalized spacial score (nSPS) is 36.0. The van der Waals surface area contributed by atoms with E-state index >= 15 is 0 Å². The van der Waals surface area contributed by atoms with E-state index in [0.717, 1.165) is 5.92 Å². The molecule has 1 atom stereocenters. The molecule has 0 saturated carbocycles. The van der Waals surface area contributed by atoms with Crippen molar-refractivity contribution in [1.29, 1.82) is 0 Å². The lowest BCUT2D eigenvalue weighted by molar-refractivity contribution is -0.0413. The summed E-state index contributed by atoms with van der Waals surface area (Å²) in [5.41, 5.74) is 0.959. The second-order valence-corrected chi connectivity index (χ2v) is 6.39. The molecule has 2 nitrogen and oxygen atoms in total. The van der Waals surface area contributed by atoms with Crippen LogP contribution in [0, 0.1) is 11.3 Å². The van der Waals surface area contributed by atoms with Gasteiger partial charge in [0.15, 0.2) is 0 Å². The molecule has 0 aliphatic carbocycles. The monoisotopic (exact) mass is 196 g/mol. The third-order valence-electron chi connectivity index (χ3n) is 4.22. The highest BCUT2D eigenvalue weighted by Crippen LogP contribution is 2.38. The Morgan fingerprint density at radius 2 is 1.93 bits per heavy atom. The Balaban J connectivity index is 1.88. The first-order valence-electron chi connectivity index (χ1n) is 5.88. The topological polar surface area (TPSA) is 15.3 Å². The molecule has 0 aromatic rings. The average Bonchev–Trinajstić information content (AvgIpc) is 2.28. The molecule has 0 aromatic carbocycles. The van der Waals surface area contributed by atoms with Gasteiger partial charge in [0.05, 0.1) is 0 Å². The molecule has 0 spiro atoms. The molecule has 2 heteroatoms. The van der Waals surface area contributed by atoms with Gasteiger partial charge >= 0.3 is 0 Å². The molecule has 82 valence electrons. The fourth-order valence-corrected chi connectivity index (χ4v) is 2.54. The van der Waals surface area contributed by atoms with Crippen molar-refractivity contribution in [3.8, 4) is 0 Å². The van der Waals surface area contributed by atoms with E-state index in [2.05, 4.69) is 37.9 Å². The summed E-state index contributed by atoms with van der Waals surface area (Å²) in [6, 6.07) is 0. The number of nitrogens with zero attached hydrogens (tertiary/aromatic N) is 1. The van der Waals surface area contributed by atoms with Gasteiger partial charge in [-0.25, -0.2) is 0 Å². The molecule has 0 radical (unpaired) electrons. The van der Waals surface area contributed by atoms with Gasteiger partial charge in [-0.15, -0.1) is 0 Å². The van der Waals surface area contributed by atoms with Crippen molar-refractivity contribution in [2.75, 3.05) is 26.2 Å². The molecule has 2 saturated heterocycles. The Morgan fingerprint density at radius 1 is 1.29 bits per heavy atom. The molecular formula is C12H24N2. The molecule has 2 fully saturated rings. The van der Waals surface area contributed by atoms with E-state index in [1.54, 1.807) is 0 Å². The van der Waals surface area contributed by atoms with Crippen LogP contribution in [-0.2, 0) is 0 Å². The molecule has 1 unspecified atom stereocenters. The first-order chi connectivity index (χ1) is 6.42. The van der Waals surface area contributed by atoms with Crippen LogP contribution < -0.4 is 5.32 Å². The highest BCUT2D eigenvalue weighted by Gasteiger charge is 2.45. The van der Waals surface area contributed by atoms with Crippen molar-refractivity contribution in [1.82, 2.24) is 10.2 Å². The molecule has 2 aliphatic rings. The maximum Gasteiger partial charge on any atom is 0.0318 e. The predicted molar refractivity (Wildman–Crippen MR) is 60.4 cm³/mol. The lowest BCUT2D eigenvalue weighted by Gasteiger charge is -2.53. The molecule has 2 heterocycles. The van der Waals surface area contributed by atoms with Crippen LogP contribution in [0.4, 0.5) is 0 Å². The van der Waals surface area contributed by atoms with E-state index in [4.69, 9.17) is 0 Å². The van der Waals surface area contributed by atoms with Gasteiger partial charge in [-0.05, 0) is 31.2 Å². The lowest BCUT2D eigenvalue weighted by atomic mass is 9.74. The minimum atomic E-state index is 0.460. The van der Waals surface area contributed by atoms with Gasteiger partial charge in [0.2, 0.25) is 0 Å². The zero-order valence-electron chi connectivity index (χ0n) is 10.1. The van der Waals surface area contributed by atoms with Gasteiger partial charge in [0.25, 0.3) is 0 Å². The van der Waals surface area contributed by atoms with Crippen LogP contribution in [0.3, 0.4) is 0 Å². The van der Waals surface area contributed by atoms with E-state index < -0.39 is 0 Å². The Bertz CT molecular complexity index is 205. The summed E-state index contributed by atoms with van der Waals surface area (Å²) in [6.07, 6.45) is 1.32. The van der Waals surface area contributed by atoms with Gasteiger partial charge in [0.1, 0.15) is 0 Å². The van der Waals surface area contributed by atoms with E-state index in [0.29, 0.717) is 11.0 Å². The van der Waals surface area contributed by atoms with Crippen LogP contribution in [0.5, 0.6) is 0 Å². The molecular weight excluding hydrogens is 172 g/mol. The number of nitrogens with one attached hydrogen (secondary N) is 1. The van der Waals surface area contributed by atoms with Crippen molar-refractivity contribution in [2.45, 2.75) is 39.7 Å². The van der Waals surface area contributed by atoms with E-state index in [9.17, 15) is 0 Å². The van der Waals surface area contributed by atoms with Crippen LogP contribution in [0.25, 0.3) is 0 Å². The first kappa shape index (κ1) is 10.4. The summed E-state index contributed by atoms with van der Waals surface area (Å²) >= 11 is 0. The van der Waals surface area contributed by atoms with E-state index in [1.807, 2.05) is 0 Å². The summed E-state index contributed by atoms with van der Waals surface area (Å²) in [6.45, 7) is 14.5. The molecule has 0 amide bonds. The van der Waals surface area contributed by atoms with Crippen molar-refractivity contribution in [2.24, 2.45) is 11.3 Å². The summed E-state index contributed by atoms with van der Waals surface area (Å²) in [5.74, 6) is 0.903.